The highest BCUT2D eigenvalue weighted by Crippen LogP contribution is 2.38. The van der Waals surface area contributed by atoms with E-state index < -0.39 is 3.79 Å². The lowest BCUT2D eigenvalue weighted by molar-refractivity contribution is 0.340. The fraction of sp³-hybridized carbons (Fsp3) is 0.273. The number of benzene rings is 1. The van der Waals surface area contributed by atoms with Gasteiger partial charge in [-0.2, -0.15) is 0 Å². The molecule has 2 aromatic rings. The van der Waals surface area contributed by atoms with E-state index in [9.17, 15) is 0 Å². The number of nitrogens with zero attached hydrogens (tertiary/aromatic N) is 2. The Labute approximate surface area is 119 Å². The normalized spacial score (nSPS) is 11.6. The van der Waals surface area contributed by atoms with E-state index in [1.807, 2.05) is 6.92 Å². The second-order valence-corrected chi connectivity index (χ2v) is 5.65. The van der Waals surface area contributed by atoms with Crippen molar-refractivity contribution < 1.29 is 9.15 Å². The van der Waals surface area contributed by atoms with Crippen molar-refractivity contribution in [2.75, 3.05) is 6.61 Å². The molecule has 0 aliphatic rings. The Hall–Kier alpha value is -0.970. The van der Waals surface area contributed by atoms with Gasteiger partial charge in [0.25, 0.3) is 9.68 Å². The summed E-state index contributed by atoms with van der Waals surface area (Å²) in [6, 6.07) is 7.19. The van der Waals surface area contributed by atoms with Gasteiger partial charge in [0.1, 0.15) is 5.75 Å². The van der Waals surface area contributed by atoms with E-state index in [0.29, 0.717) is 12.5 Å². The van der Waals surface area contributed by atoms with Gasteiger partial charge in [-0.3, -0.25) is 0 Å². The standard InChI is InChI=1S/C11H9Cl3N2O2/c1-2-17-8-5-3-7(4-6-8)9-15-16-10(18-9)11(12,13)14/h3-6H,2H2,1H3. The Morgan fingerprint density at radius 3 is 2.33 bits per heavy atom. The summed E-state index contributed by atoms with van der Waals surface area (Å²) in [6.07, 6.45) is 0. The quantitative estimate of drug-likeness (QED) is 0.805. The van der Waals surface area contributed by atoms with Crippen LogP contribution in [0.25, 0.3) is 11.5 Å². The molecule has 0 N–H and O–H groups in total. The molecule has 2 rings (SSSR count). The predicted molar refractivity (Wildman–Crippen MR) is 70.1 cm³/mol. The molecular formula is C11H9Cl3N2O2. The van der Waals surface area contributed by atoms with Crippen LogP contribution < -0.4 is 4.74 Å². The summed E-state index contributed by atoms with van der Waals surface area (Å²) in [5, 5.41) is 7.50. The average molecular weight is 308 g/mol. The number of rotatable bonds is 3. The molecule has 0 saturated heterocycles. The maximum atomic E-state index is 5.64. The van der Waals surface area contributed by atoms with Gasteiger partial charge < -0.3 is 9.15 Å². The highest BCUT2D eigenvalue weighted by atomic mass is 35.6. The van der Waals surface area contributed by atoms with Crippen molar-refractivity contribution in [3.05, 3.63) is 30.2 Å². The van der Waals surface area contributed by atoms with Crippen LogP contribution in [-0.4, -0.2) is 16.8 Å². The van der Waals surface area contributed by atoms with Gasteiger partial charge in [-0.05, 0) is 31.2 Å². The summed E-state index contributed by atoms with van der Waals surface area (Å²) in [6.45, 7) is 2.52. The second kappa shape index (κ2) is 5.34. The average Bonchev–Trinajstić information content (AvgIpc) is 2.79. The van der Waals surface area contributed by atoms with Crippen LogP contribution in [0, 0.1) is 0 Å². The van der Waals surface area contributed by atoms with Gasteiger partial charge in [0, 0.05) is 5.56 Å². The second-order valence-electron chi connectivity index (χ2n) is 3.37. The number of hydrogen-bond acceptors (Lipinski definition) is 4. The molecule has 1 heterocycles. The van der Waals surface area contributed by atoms with Gasteiger partial charge in [-0.15, -0.1) is 10.2 Å². The van der Waals surface area contributed by atoms with Gasteiger partial charge >= 0.3 is 0 Å². The molecule has 1 aromatic heterocycles. The van der Waals surface area contributed by atoms with Crippen LogP contribution in [0.1, 0.15) is 12.8 Å². The van der Waals surface area contributed by atoms with Crippen molar-refractivity contribution in [2.45, 2.75) is 10.7 Å². The first-order valence-electron chi connectivity index (χ1n) is 5.14. The summed E-state index contributed by atoms with van der Waals surface area (Å²) in [5.74, 6) is 0.998. The smallest absolute Gasteiger partial charge is 0.268 e. The maximum absolute atomic E-state index is 5.64. The maximum Gasteiger partial charge on any atom is 0.268 e. The van der Waals surface area contributed by atoms with Crippen molar-refractivity contribution in [3.63, 3.8) is 0 Å². The number of halogens is 3. The minimum atomic E-state index is -1.71. The third-order valence-electron chi connectivity index (χ3n) is 2.08. The molecule has 7 heteroatoms. The van der Waals surface area contributed by atoms with Crippen LogP contribution in [-0.2, 0) is 3.79 Å². The van der Waals surface area contributed by atoms with Crippen LogP contribution in [0.2, 0.25) is 0 Å². The molecule has 0 radical (unpaired) electrons. The topological polar surface area (TPSA) is 48.2 Å². The first kappa shape index (κ1) is 13.5. The summed E-state index contributed by atoms with van der Waals surface area (Å²) in [7, 11) is 0. The van der Waals surface area contributed by atoms with E-state index in [2.05, 4.69) is 10.2 Å². The zero-order valence-corrected chi connectivity index (χ0v) is 11.6. The van der Waals surface area contributed by atoms with Gasteiger partial charge in [-0.1, -0.05) is 34.8 Å². The first-order chi connectivity index (χ1) is 8.50. The lowest BCUT2D eigenvalue weighted by Gasteiger charge is -2.03. The number of alkyl halides is 3. The Morgan fingerprint density at radius 1 is 1.17 bits per heavy atom. The minimum absolute atomic E-state index is 0.0589. The molecule has 0 amide bonds. The van der Waals surface area contributed by atoms with Crippen LogP contribution in [0.5, 0.6) is 5.75 Å². The molecule has 4 nitrogen and oxygen atoms in total. The zero-order valence-electron chi connectivity index (χ0n) is 9.36. The van der Waals surface area contributed by atoms with Gasteiger partial charge in [-0.25, -0.2) is 0 Å². The van der Waals surface area contributed by atoms with Gasteiger partial charge in [0.15, 0.2) is 0 Å². The third kappa shape index (κ3) is 3.07. The van der Waals surface area contributed by atoms with Crippen molar-refractivity contribution in [1.29, 1.82) is 0 Å². The molecular weight excluding hydrogens is 298 g/mol. The highest BCUT2D eigenvalue weighted by Gasteiger charge is 2.30. The largest absolute Gasteiger partial charge is 0.494 e. The fourth-order valence-corrected chi connectivity index (χ4v) is 1.54. The Balaban J connectivity index is 2.23. The fourth-order valence-electron chi connectivity index (χ4n) is 1.31. The molecule has 18 heavy (non-hydrogen) atoms. The summed E-state index contributed by atoms with van der Waals surface area (Å²) in [4.78, 5) is 0. The van der Waals surface area contributed by atoms with E-state index in [-0.39, 0.29) is 5.89 Å². The molecule has 0 saturated carbocycles. The zero-order chi connectivity index (χ0) is 13.2. The molecule has 0 fully saturated rings. The number of hydrogen-bond donors (Lipinski definition) is 0. The molecule has 0 aliphatic carbocycles. The molecule has 0 unspecified atom stereocenters. The highest BCUT2D eigenvalue weighted by molar-refractivity contribution is 6.66. The summed E-state index contributed by atoms with van der Waals surface area (Å²) in [5.41, 5.74) is 0.728. The van der Waals surface area contributed by atoms with E-state index in [1.165, 1.54) is 0 Å². The Bertz CT molecular complexity index is 520. The molecule has 0 spiro atoms. The number of aromatic nitrogens is 2. The summed E-state index contributed by atoms with van der Waals surface area (Å²) < 4.78 is 8.89. The van der Waals surface area contributed by atoms with Crippen LogP contribution >= 0.6 is 34.8 Å². The Morgan fingerprint density at radius 2 is 1.83 bits per heavy atom. The van der Waals surface area contributed by atoms with Crippen LogP contribution in [0.4, 0.5) is 0 Å². The predicted octanol–water partition coefficient (Wildman–Crippen LogP) is 3.96. The van der Waals surface area contributed by atoms with Crippen LogP contribution in [0.15, 0.2) is 28.7 Å². The van der Waals surface area contributed by atoms with Crippen molar-refractivity contribution >= 4 is 34.8 Å². The van der Waals surface area contributed by atoms with Crippen LogP contribution in [0.3, 0.4) is 0 Å². The lowest BCUT2D eigenvalue weighted by atomic mass is 10.2. The van der Waals surface area contributed by atoms with Crippen molar-refractivity contribution in [3.8, 4) is 17.2 Å². The van der Waals surface area contributed by atoms with E-state index in [1.54, 1.807) is 24.3 Å². The van der Waals surface area contributed by atoms with Gasteiger partial charge in [0.2, 0.25) is 5.89 Å². The van der Waals surface area contributed by atoms with Gasteiger partial charge in [0.05, 0.1) is 6.61 Å². The Kier molecular flexibility index (Phi) is 4.00. The third-order valence-corrected chi connectivity index (χ3v) is 2.56. The van der Waals surface area contributed by atoms with E-state index in [0.717, 1.165) is 11.3 Å². The lowest BCUT2D eigenvalue weighted by Crippen LogP contribution is -1.99. The molecule has 0 aliphatic heterocycles. The molecule has 96 valence electrons. The number of ether oxygens (including phenoxy) is 1. The SMILES string of the molecule is CCOc1ccc(-c2nnc(C(Cl)(Cl)Cl)o2)cc1. The first-order valence-corrected chi connectivity index (χ1v) is 6.28. The minimum Gasteiger partial charge on any atom is -0.494 e. The van der Waals surface area contributed by atoms with Crippen molar-refractivity contribution in [1.82, 2.24) is 10.2 Å². The molecule has 1 aromatic carbocycles. The monoisotopic (exact) mass is 306 g/mol. The molecule has 0 bridgehead atoms. The summed E-state index contributed by atoms with van der Waals surface area (Å²) >= 11 is 16.9. The van der Waals surface area contributed by atoms with E-state index in [4.69, 9.17) is 44.0 Å². The van der Waals surface area contributed by atoms with Crippen molar-refractivity contribution in [2.24, 2.45) is 0 Å². The van der Waals surface area contributed by atoms with E-state index >= 15 is 0 Å². The molecule has 0 atom stereocenters.